The molecular weight excluding hydrogens is 196 g/mol. The van der Waals surface area contributed by atoms with E-state index in [0.717, 1.165) is 5.92 Å². The maximum Gasteiger partial charge on any atom is 0.0321 e. The molecule has 0 aliphatic rings. The molecule has 1 rings (SSSR count). The van der Waals surface area contributed by atoms with Gasteiger partial charge in [-0.25, -0.2) is 0 Å². The lowest BCUT2D eigenvalue weighted by molar-refractivity contribution is 0.469. The summed E-state index contributed by atoms with van der Waals surface area (Å²) >= 11 is 0. The average Bonchev–Trinajstić information content (AvgIpc) is 2.25. The minimum absolute atomic E-state index is 0.474. The van der Waals surface area contributed by atoms with Crippen molar-refractivity contribution in [1.82, 2.24) is 10.3 Å². The van der Waals surface area contributed by atoms with Crippen LogP contribution in [-0.4, -0.2) is 12.0 Å². The molecule has 0 saturated carbocycles. The third kappa shape index (κ3) is 3.93. The highest BCUT2D eigenvalue weighted by Crippen LogP contribution is 2.22. The third-order valence-electron chi connectivity index (χ3n) is 3.06. The SMILES string of the molecule is CNC(CCCC(C)C)c1ccncc1C. The molecule has 2 nitrogen and oxygen atoms in total. The smallest absolute Gasteiger partial charge is 0.0321 e. The first-order chi connectivity index (χ1) is 7.65. The highest BCUT2D eigenvalue weighted by Gasteiger charge is 2.11. The van der Waals surface area contributed by atoms with Gasteiger partial charge in [-0.05, 0) is 43.5 Å². The van der Waals surface area contributed by atoms with E-state index in [9.17, 15) is 0 Å². The van der Waals surface area contributed by atoms with Crippen LogP contribution >= 0.6 is 0 Å². The summed E-state index contributed by atoms with van der Waals surface area (Å²) in [6, 6.07) is 2.60. The normalized spacial score (nSPS) is 13.1. The number of hydrogen-bond donors (Lipinski definition) is 1. The fourth-order valence-corrected chi connectivity index (χ4v) is 2.06. The van der Waals surface area contributed by atoms with Gasteiger partial charge in [-0.1, -0.05) is 26.7 Å². The Labute approximate surface area is 99.5 Å². The van der Waals surface area contributed by atoms with E-state index >= 15 is 0 Å². The highest BCUT2D eigenvalue weighted by molar-refractivity contribution is 5.25. The molecule has 1 aromatic rings. The Hall–Kier alpha value is -0.890. The van der Waals surface area contributed by atoms with Gasteiger partial charge >= 0.3 is 0 Å². The van der Waals surface area contributed by atoms with E-state index in [1.165, 1.54) is 30.4 Å². The van der Waals surface area contributed by atoms with Crippen LogP contribution in [0.3, 0.4) is 0 Å². The number of hydrogen-bond acceptors (Lipinski definition) is 2. The summed E-state index contributed by atoms with van der Waals surface area (Å²) in [4.78, 5) is 4.14. The standard InChI is InChI=1S/C14H24N2/c1-11(2)6-5-7-14(15-4)13-8-9-16-10-12(13)3/h8-11,14-15H,5-7H2,1-4H3. The molecule has 0 fully saturated rings. The van der Waals surface area contributed by atoms with E-state index in [1.54, 1.807) is 0 Å². The molecular formula is C14H24N2. The maximum atomic E-state index is 4.14. The Morgan fingerprint density at radius 1 is 1.31 bits per heavy atom. The van der Waals surface area contributed by atoms with Crippen LogP contribution in [0, 0.1) is 12.8 Å². The van der Waals surface area contributed by atoms with Gasteiger partial charge in [0, 0.05) is 18.4 Å². The first-order valence-corrected chi connectivity index (χ1v) is 6.23. The van der Waals surface area contributed by atoms with Crippen LogP contribution in [0.4, 0.5) is 0 Å². The van der Waals surface area contributed by atoms with Gasteiger partial charge in [-0.3, -0.25) is 4.98 Å². The van der Waals surface area contributed by atoms with Gasteiger partial charge in [0.1, 0.15) is 0 Å². The second-order valence-electron chi connectivity index (χ2n) is 4.90. The summed E-state index contributed by atoms with van der Waals surface area (Å²) in [6.45, 7) is 6.70. The fraction of sp³-hybridized carbons (Fsp3) is 0.643. The molecule has 1 heterocycles. The number of aromatic nitrogens is 1. The van der Waals surface area contributed by atoms with E-state index in [0.29, 0.717) is 6.04 Å². The second kappa shape index (κ2) is 6.64. The second-order valence-corrected chi connectivity index (χ2v) is 4.90. The van der Waals surface area contributed by atoms with Crippen LogP contribution in [0.1, 0.15) is 50.3 Å². The molecule has 16 heavy (non-hydrogen) atoms. The predicted octanol–water partition coefficient (Wildman–Crippen LogP) is 3.48. The fourth-order valence-electron chi connectivity index (χ4n) is 2.06. The molecule has 0 aliphatic heterocycles. The lowest BCUT2D eigenvalue weighted by atomic mass is 9.96. The average molecular weight is 220 g/mol. The van der Waals surface area contributed by atoms with Crippen molar-refractivity contribution in [2.24, 2.45) is 5.92 Å². The molecule has 0 bridgehead atoms. The van der Waals surface area contributed by atoms with Gasteiger partial charge in [-0.15, -0.1) is 0 Å². The van der Waals surface area contributed by atoms with Crippen molar-refractivity contribution in [3.8, 4) is 0 Å². The molecule has 90 valence electrons. The van der Waals surface area contributed by atoms with Gasteiger partial charge in [0.25, 0.3) is 0 Å². The van der Waals surface area contributed by atoms with Crippen molar-refractivity contribution in [3.63, 3.8) is 0 Å². The van der Waals surface area contributed by atoms with Crippen LogP contribution < -0.4 is 5.32 Å². The highest BCUT2D eigenvalue weighted by atomic mass is 14.9. The quantitative estimate of drug-likeness (QED) is 0.794. The molecule has 0 aliphatic carbocycles. The molecule has 0 aromatic carbocycles. The van der Waals surface area contributed by atoms with Gasteiger partial charge in [0.05, 0.1) is 0 Å². The Balaban J connectivity index is 2.57. The molecule has 0 radical (unpaired) electrons. The van der Waals surface area contributed by atoms with E-state index in [4.69, 9.17) is 0 Å². The van der Waals surface area contributed by atoms with Crippen molar-refractivity contribution >= 4 is 0 Å². The Morgan fingerprint density at radius 3 is 2.62 bits per heavy atom. The largest absolute Gasteiger partial charge is 0.313 e. The third-order valence-corrected chi connectivity index (χ3v) is 3.06. The molecule has 1 atom stereocenters. The number of nitrogens with zero attached hydrogens (tertiary/aromatic N) is 1. The van der Waals surface area contributed by atoms with Crippen LogP contribution in [-0.2, 0) is 0 Å². The lowest BCUT2D eigenvalue weighted by Gasteiger charge is -2.18. The predicted molar refractivity (Wildman–Crippen MR) is 69.5 cm³/mol. The molecule has 1 aromatic heterocycles. The molecule has 1 N–H and O–H groups in total. The molecule has 0 spiro atoms. The number of aryl methyl sites for hydroxylation is 1. The van der Waals surface area contributed by atoms with Crippen molar-refractivity contribution < 1.29 is 0 Å². The van der Waals surface area contributed by atoms with Crippen molar-refractivity contribution in [2.45, 2.75) is 46.1 Å². The zero-order valence-electron chi connectivity index (χ0n) is 11.0. The summed E-state index contributed by atoms with van der Waals surface area (Å²) in [5.41, 5.74) is 2.67. The summed E-state index contributed by atoms with van der Waals surface area (Å²) in [6.07, 6.45) is 7.63. The van der Waals surface area contributed by atoms with Crippen LogP contribution in [0.25, 0.3) is 0 Å². The number of rotatable bonds is 6. The van der Waals surface area contributed by atoms with Gasteiger partial charge in [0.2, 0.25) is 0 Å². The minimum atomic E-state index is 0.474. The molecule has 2 heteroatoms. The van der Waals surface area contributed by atoms with E-state index in [1.807, 2.05) is 19.4 Å². The minimum Gasteiger partial charge on any atom is -0.313 e. The Morgan fingerprint density at radius 2 is 2.06 bits per heavy atom. The lowest BCUT2D eigenvalue weighted by Crippen LogP contribution is -2.17. The van der Waals surface area contributed by atoms with Crippen LogP contribution in [0.15, 0.2) is 18.5 Å². The monoisotopic (exact) mass is 220 g/mol. The van der Waals surface area contributed by atoms with E-state index in [-0.39, 0.29) is 0 Å². The summed E-state index contributed by atoms with van der Waals surface area (Å²) in [5.74, 6) is 0.802. The first-order valence-electron chi connectivity index (χ1n) is 6.23. The van der Waals surface area contributed by atoms with Crippen LogP contribution in [0.5, 0.6) is 0 Å². The summed E-state index contributed by atoms with van der Waals surface area (Å²) < 4.78 is 0. The zero-order chi connectivity index (χ0) is 12.0. The van der Waals surface area contributed by atoms with Crippen molar-refractivity contribution in [1.29, 1.82) is 0 Å². The molecule has 1 unspecified atom stereocenters. The number of nitrogens with one attached hydrogen (secondary N) is 1. The first kappa shape index (κ1) is 13.2. The summed E-state index contributed by atoms with van der Waals surface area (Å²) in [7, 11) is 2.04. The topological polar surface area (TPSA) is 24.9 Å². The number of pyridine rings is 1. The molecule has 0 amide bonds. The van der Waals surface area contributed by atoms with Gasteiger partial charge in [-0.2, -0.15) is 0 Å². The van der Waals surface area contributed by atoms with E-state index < -0.39 is 0 Å². The van der Waals surface area contributed by atoms with Gasteiger partial charge < -0.3 is 5.32 Å². The molecule has 0 saturated heterocycles. The Kier molecular flexibility index (Phi) is 5.47. The summed E-state index contributed by atoms with van der Waals surface area (Å²) in [5, 5.41) is 3.41. The van der Waals surface area contributed by atoms with Crippen LogP contribution in [0.2, 0.25) is 0 Å². The van der Waals surface area contributed by atoms with Crippen molar-refractivity contribution in [2.75, 3.05) is 7.05 Å². The Bertz CT molecular complexity index is 307. The van der Waals surface area contributed by atoms with Gasteiger partial charge in [0.15, 0.2) is 0 Å². The maximum absolute atomic E-state index is 4.14. The zero-order valence-corrected chi connectivity index (χ0v) is 11.0. The van der Waals surface area contributed by atoms with E-state index in [2.05, 4.69) is 37.1 Å². The van der Waals surface area contributed by atoms with Crippen molar-refractivity contribution in [3.05, 3.63) is 29.6 Å².